The first-order valence-corrected chi connectivity index (χ1v) is 11.5. The van der Waals surface area contributed by atoms with Crippen LogP contribution in [0.5, 0.6) is 0 Å². The Morgan fingerprint density at radius 1 is 1.07 bits per heavy atom. The molecule has 1 heterocycles. The normalized spacial score (nSPS) is 14.3. The van der Waals surface area contributed by atoms with Crippen LogP contribution in [0.4, 0.5) is 26.3 Å². The van der Waals surface area contributed by atoms with Crippen molar-refractivity contribution in [3.05, 3.63) is 75.2 Å². The third-order valence-corrected chi connectivity index (χ3v) is 6.05. The molecule has 0 saturated heterocycles. The van der Waals surface area contributed by atoms with E-state index in [4.69, 9.17) is 17.4 Å². The van der Waals surface area contributed by atoms with Gasteiger partial charge >= 0.3 is 18.0 Å². The zero-order valence-electron chi connectivity index (χ0n) is 20.3. The molecule has 2 atom stereocenters. The molecule has 17 heteroatoms. The monoisotopic (exact) mass is 594 g/mol. The zero-order valence-corrected chi connectivity index (χ0v) is 21.1. The van der Waals surface area contributed by atoms with Crippen LogP contribution in [0.2, 0.25) is 5.02 Å². The number of hydrazine groups is 1. The van der Waals surface area contributed by atoms with E-state index in [9.17, 15) is 45.8 Å². The number of halogens is 7. The van der Waals surface area contributed by atoms with E-state index >= 15 is 0 Å². The summed E-state index contributed by atoms with van der Waals surface area (Å²) < 4.78 is 79.8. The molecule has 0 aliphatic carbocycles. The molecular formula is C23H21ClF6N6O4. The number of carbonyl (C=O) groups is 2. The second kappa shape index (κ2) is 11.3. The highest BCUT2D eigenvalue weighted by Gasteiger charge is 2.41. The Bertz CT molecular complexity index is 1450. The maximum atomic E-state index is 13.2. The molecule has 3 rings (SSSR count). The molecule has 2 amide bonds. The highest BCUT2D eigenvalue weighted by Crippen LogP contribution is 2.32. The van der Waals surface area contributed by atoms with Gasteiger partial charge in [0.2, 0.25) is 5.91 Å². The Labute approximate surface area is 226 Å². The van der Waals surface area contributed by atoms with E-state index in [1.165, 1.54) is 24.3 Å². The van der Waals surface area contributed by atoms with Crippen LogP contribution in [0.25, 0.3) is 11.4 Å². The maximum absolute atomic E-state index is 13.2. The molecule has 0 radical (unpaired) electrons. The summed E-state index contributed by atoms with van der Waals surface area (Å²) in [6.45, 7) is -1.18. The molecule has 5 N–H and O–H groups in total. The number of aliphatic hydroxyl groups is 1. The minimum atomic E-state index is -5.08. The fraction of sp³-hybridized carbons (Fsp3) is 0.304. The lowest BCUT2D eigenvalue weighted by molar-refractivity contribution is -0.207. The van der Waals surface area contributed by atoms with E-state index < -0.39 is 60.2 Å². The predicted molar refractivity (Wildman–Crippen MR) is 128 cm³/mol. The van der Waals surface area contributed by atoms with E-state index in [1.54, 1.807) is 5.43 Å². The molecular weight excluding hydrogens is 574 g/mol. The fourth-order valence-corrected chi connectivity index (χ4v) is 3.79. The summed E-state index contributed by atoms with van der Waals surface area (Å²) in [6, 6.07) is 8.89. The van der Waals surface area contributed by atoms with Crippen molar-refractivity contribution >= 4 is 23.4 Å². The number of nitrogens with one attached hydrogen (secondary N) is 2. The average molecular weight is 595 g/mol. The second-order valence-electron chi connectivity index (χ2n) is 8.66. The number of carbonyl (C=O) groups excluding carboxylic acids is 2. The number of nitrogens with zero attached hydrogens (tertiary/aromatic N) is 3. The number of rotatable bonds is 8. The number of amides is 2. The standard InChI is InChI=1S/C23H21ClF6N6O4/c1-21(19(39)33-31,13-3-2-4-14(9-13)22(25,26)27)32-17(38)11-36-20(40)35(10-16(37)23(28,29)30)18(34-36)12-5-7-15(24)8-6-12/h2-9,16,37H,10-11,31H2,1H3,(H,32,38)(H,33,39)/t16-,21+/m0/s1. The minimum Gasteiger partial charge on any atom is -0.382 e. The molecule has 10 nitrogen and oxygen atoms in total. The number of hydrogen-bond donors (Lipinski definition) is 4. The number of aliphatic hydroxyl groups excluding tert-OH is 1. The maximum Gasteiger partial charge on any atom is 0.416 e. The van der Waals surface area contributed by atoms with Gasteiger partial charge in [-0.1, -0.05) is 23.7 Å². The van der Waals surface area contributed by atoms with E-state index in [-0.39, 0.29) is 22.0 Å². The molecule has 40 heavy (non-hydrogen) atoms. The lowest BCUT2D eigenvalue weighted by atomic mass is 9.89. The Morgan fingerprint density at radius 3 is 2.23 bits per heavy atom. The van der Waals surface area contributed by atoms with Crippen LogP contribution in [-0.2, 0) is 34.4 Å². The summed E-state index contributed by atoms with van der Waals surface area (Å²) in [7, 11) is 0. The van der Waals surface area contributed by atoms with Crippen LogP contribution in [0.15, 0.2) is 53.3 Å². The van der Waals surface area contributed by atoms with Crippen LogP contribution < -0.4 is 22.3 Å². The largest absolute Gasteiger partial charge is 0.416 e. The molecule has 0 aliphatic heterocycles. The molecule has 0 spiro atoms. The Morgan fingerprint density at radius 2 is 1.68 bits per heavy atom. The summed E-state index contributed by atoms with van der Waals surface area (Å²) in [5.41, 5.74) is -2.98. The van der Waals surface area contributed by atoms with Crippen molar-refractivity contribution in [3.8, 4) is 11.4 Å². The lowest BCUT2D eigenvalue weighted by Gasteiger charge is -2.29. The summed E-state index contributed by atoms with van der Waals surface area (Å²) in [5, 5.41) is 15.9. The molecule has 0 aliphatic rings. The van der Waals surface area contributed by atoms with Crippen LogP contribution in [-0.4, -0.2) is 43.5 Å². The van der Waals surface area contributed by atoms with Gasteiger partial charge in [0, 0.05) is 10.6 Å². The third-order valence-electron chi connectivity index (χ3n) is 5.79. The van der Waals surface area contributed by atoms with Gasteiger partial charge in [-0.3, -0.25) is 19.6 Å². The number of alkyl halides is 6. The van der Waals surface area contributed by atoms with Crippen LogP contribution in [0, 0.1) is 0 Å². The van der Waals surface area contributed by atoms with Gasteiger partial charge in [0.1, 0.15) is 12.1 Å². The number of hydrogen-bond acceptors (Lipinski definition) is 6. The zero-order chi connectivity index (χ0) is 30.0. The van der Waals surface area contributed by atoms with Gasteiger partial charge in [0.15, 0.2) is 11.9 Å². The van der Waals surface area contributed by atoms with E-state index in [2.05, 4.69) is 10.4 Å². The van der Waals surface area contributed by atoms with Crippen LogP contribution in [0.1, 0.15) is 18.1 Å². The number of nitrogens with two attached hydrogens (primary N) is 1. The number of benzene rings is 2. The van der Waals surface area contributed by atoms with Crippen molar-refractivity contribution in [2.24, 2.45) is 5.84 Å². The fourth-order valence-electron chi connectivity index (χ4n) is 3.66. The predicted octanol–water partition coefficient (Wildman–Crippen LogP) is 2.33. The molecule has 0 bridgehead atoms. The van der Waals surface area contributed by atoms with Crippen molar-refractivity contribution in [2.75, 3.05) is 0 Å². The van der Waals surface area contributed by atoms with Crippen molar-refractivity contribution in [1.82, 2.24) is 25.1 Å². The summed E-state index contributed by atoms with van der Waals surface area (Å²) in [4.78, 5) is 38.5. The topological polar surface area (TPSA) is 144 Å². The molecule has 0 unspecified atom stereocenters. The van der Waals surface area contributed by atoms with Crippen molar-refractivity contribution in [2.45, 2.75) is 44.0 Å². The van der Waals surface area contributed by atoms with Gasteiger partial charge in [-0.25, -0.2) is 15.3 Å². The first-order chi connectivity index (χ1) is 18.5. The van der Waals surface area contributed by atoms with Gasteiger partial charge in [-0.2, -0.15) is 26.3 Å². The highest BCUT2D eigenvalue weighted by molar-refractivity contribution is 6.30. The van der Waals surface area contributed by atoms with Gasteiger partial charge in [-0.05, 0) is 48.9 Å². The van der Waals surface area contributed by atoms with E-state index in [0.717, 1.165) is 25.1 Å². The average Bonchev–Trinajstić information content (AvgIpc) is 3.17. The van der Waals surface area contributed by atoms with Crippen LogP contribution in [0.3, 0.4) is 0 Å². The third kappa shape index (κ3) is 6.63. The smallest absolute Gasteiger partial charge is 0.382 e. The van der Waals surface area contributed by atoms with Gasteiger partial charge < -0.3 is 10.4 Å². The first kappa shape index (κ1) is 30.6. The Hall–Kier alpha value is -3.89. The molecule has 3 aromatic rings. The lowest BCUT2D eigenvalue weighted by Crippen LogP contribution is -2.56. The van der Waals surface area contributed by atoms with Crippen molar-refractivity contribution in [1.29, 1.82) is 0 Å². The van der Waals surface area contributed by atoms with Gasteiger partial charge in [-0.15, -0.1) is 5.10 Å². The van der Waals surface area contributed by atoms with E-state index in [0.29, 0.717) is 15.3 Å². The van der Waals surface area contributed by atoms with Crippen LogP contribution >= 0.6 is 11.6 Å². The molecule has 1 aromatic heterocycles. The highest BCUT2D eigenvalue weighted by atomic mass is 35.5. The SMILES string of the molecule is C[C@](NC(=O)Cn1nc(-c2ccc(Cl)cc2)n(C[C@H](O)C(F)(F)F)c1=O)(C(=O)NN)c1cccc(C(F)(F)F)c1. The van der Waals surface area contributed by atoms with Gasteiger partial charge in [0.05, 0.1) is 12.1 Å². The first-order valence-electron chi connectivity index (χ1n) is 11.2. The summed E-state index contributed by atoms with van der Waals surface area (Å²) >= 11 is 5.83. The Balaban J connectivity index is 2.00. The molecule has 0 saturated carbocycles. The van der Waals surface area contributed by atoms with Crippen molar-refractivity contribution < 1.29 is 41.0 Å². The number of aromatic nitrogens is 3. The summed E-state index contributed by atoms with van der Waals surface area (Å²) in [5.74, 6) is 2.59. The van der Waals surface area contributed by atoms with E-state index in [1.807, 2.05) is 0 Å². The molecule has 2 aromatic carbocycles. The summed E-state index contributed by atoms with van der Waals surface area (Å²) in [6.07, 6.45) is -12.8. The Kier molecular flexibility index (Phi) is 8.66. The van der Waals surface area contributed by atoms with Gasteiger partial charge in [0.25, 0.3) is 5.91 Å². The van der Waals surface area contributed by atoms with Crippen molar-refractivity contribution in [3.63, 3.8) is 0 Å². The molecule has 0 fully saturated rings. The quantitative estimate of drug-likeness (QED) is 0.136. The minimum absolute atomic E-state index is 0.117. The molecule has 216 valence electrons. The second-order valence-corrected chi connectivity index (χ2v) is 9.10.